The molecule has 0 amide bonds. The van der Waals surface area contributed by atoms with E-state index in [1.165, 1.54) is 43.5 Å². The second-order valence-electron chi connectivity index (χ2n) is 13.9. The van der Waals surface area contributed by atoms with E-state index in [4.69, 9.17) is 9.40 Å². The Morgan fingerprint density at radius 2 is 1.11 bits per heavy atom. The highest BCUT2D eigenvalue weighted by molar-refractivity contribution is 6.24. The molecule has 0 fully saturated rings. The van der Waals surface area contributed by atoms with Gasteiger partial charge in [0.2, 0.25) is 5.89 Å². The molecule has 0 aliphatic carbocycles. The molecule has 0 saturated carbocycles. The van der Waals surface area contributed by atoms with Gasteiger partial charge in [0.15, 0.2) is 5.58 Å². The third-order valence-corrected chi connectivity index (χ3v) is 10.8. The maximum atomic E-state index is 6.63. The van der Waals surface area contributed by atoms with Gasteiger partial charge in [0, 0.05) is 38.5 Å². The highest BCUT2D eigenvalue weighted by atomic mass is 16.3. The summed E-state index contributed by atoms with van der Waals surface area (Å²) in [6.07, 6.45) is 0. The summed E-state index contributed by atoms with van der Waals surface area (Å²) in [5, 5.41) is 7.24. The largest absolute Gasteiger partial charge is 0.434 e. The van der Waals surface area contributed by atoms with E-state index in [2.05, 4.69) is 173 Å². The Morgan fingerprint density at radius 3 is 1.93 bits per heavy atom. The molecule has 11 rings (SSSR count). The molecule has 11 aromatic rings. The van der Waals surface area contributed by atoms with Crippen molar-refractivity contribution in [2.24, 2.45) is 0 Å². The van der Waals surface area contributed by atoms with Crippen LogP contribution < -0.4 is 4.90 Å². The summed E-state index contributed by atoms with van der Waals surface area (Å²) in [6.45, 7) is 0. The van der Waals surface area contributed by atoms with Crippen molar-refractivity contribution in [3.8, 4) is 28.3 Å². The van der Waals surface area contributed by atoms with Crippen LogP contribution in [0.1, 0.15) is 0 Å². The highest BCUT2D eigenvalue weighted by Crippen LogP contribution is 2.46. The van der Waals surface area contributed by atoms with Crippen molar-refractivity contribution in [2.75, 3.05) is 4.90 Å². The summed E-state index contributed by atoms with van der Waals surface area (Å²) in [6, 6.07) is 70.9. The number of anilines is 3. The smallest absolute Gasteiger partial charge is 0.227 e. The van der Waals surface area contributed by atoms with Gasteiger partial charge in [-0.15, -0.1) is 0 Å². The topological polar surface area (TPSA) is 34.2 Å². The van der Waals surface area contributed by atoms with Crippen molar-refractivity contribution >= 4 is 71.5 Å². The first-order valence-corrected chi connectivity index (χ1v) is 18.6. The van der Waals surface area contributed by atoms with Crippen molar-refractivity contribution in [3.05, 3.63) is 200 Å². The van der Waals surface area contributed by atoms with Crippen LogP contribution in [0, 0.1) is 0 Å². The average Bonchev–Trinajstić information content (AvgIpc) is 3.86. The standard InChI is InChI=1S/C51H33N3O/c1-3-16-36(17-4-1)51-52-44-25-14-28-47(50(44)55-51)53(45-27-13-19-34-15-7-9-22-40(34)45)39-31-29-35(30-32-39)43-33-37-18-8-10-23-41(37)49-48(43)42-24-11-12-26-46(42)54(49)38-20-5-2-6-21-38/h1-33H. The summed E-state index contributed by atoms with van der Waals surface area (Å²) < 4.78 is 9.05. The number of hydrogen-bond donors (Lipinski definition) is 0. The molecule has 0 saturated heterocycles. The van der Waals surface area contributed by atoms with Crippen molar-refractivity contribution < 1.29 is 4.42 Å². The minimum absolute atomic E-state index is 0.603. The molecule has 0 atom stereocenters. The monoisotopic (exact) mass is 703 g/mol. The Morgan fingerprint density at radius 1 is 0.473 bits per heavy atom. The van der Waals surface area contributed by atoms with Crippen LogP contribution in [0.25, 0.3) is 82.7 Å². The van der Waals surface area contributed by atoms with Crippen molar-refractivity contribution in [1.29, 1.82) is 0 Å². The first-order chi connectivity index (χ1) is 27.3. The van der Waals surface area contributed by atoms with Gasteiger partial charge >= 0.3 is 0 Å². The van der Waals surface area contributed by atoms with Gasteiger partial charge < -0.3 is 13.9 Å². The van der Waals surface area contributed by atoms with Crippen LogP contribution in [0.5, 0.6) is 0 Å². The number of rotatable bonds is 6. The van der Waals surface area contributed by atoms with Gasteiger partial charge in [0.25, 0.3) is 0 Å². The maximum Gasteiger partial charge on any atom is 0.227 e. The van der Waals surface area contributed by atoms with Crippen molar-refractivity contribution in [3.63, 3.8) is 0 Å². The van der Waals surface area contributed by atoms with Crippen molar-refractivity contribution in [1.82, 2.24) is 9.55 Å². The molecule has 55 heavy (non-hydrogen) atoms. The van der Waals surface area contributed by atoms with E-state index in [0.29, 0.717) is 5.89 Å². The van der Waals surface area contributed by atoms with Crippen LogP contribution in [0.2, 0.25) is 0 Å². The number of nitrogens with zero attached hydrogens (tertiary/aromatic N) is 3. The van der Waals surface area contributed by atoms with Crippen molar-refractivity contribution in [2.45, 2.75) is 0 Å². The van der Waals surface area contributed by atoms with E-state index in [-0.39, 0.29) is 0 Å². The lowest BCUT2D eigenvalue weighted by Crippen LogP contribution is -2.10. The van der Waals surface area contributed by atoms with Crippen LogP contribution in [-0.4, -0.2) is 9.55 Å². The SMILES string of the molecule is c1ccc(-c2nc3cccc(N(c4ccc(-c5cc6ccccc6c6c5c5ccccc5n6-c5ccccc5)cc4)c4cccc5ccccc45)c3o2)cc1. The van der Waals surface area contributed by atoms with Gasteiger partial charge in [0.05, 0.1) is 22.4 Å². The molecule has 0 spiro atoms. The molecular weight excluding hydrogens is 671 g/mol. The Kier molecular flexibility index (Phi) is 7.14. The molecular formula is C51H33N3O. The molecule has 2 heterocycles. The minimum atomic E-state index is 0.603. The number of para-hydroxylation sites is 3. The van der Waals surface area contributed by atoms with Crippen LogP contribution in [0.4, 0.5) is 17.1 Å². The van der Waals surface area contributed by atoms with Gasteiger partial charge in [-0.3, -0.25) is 0 Å². The van der Waals surface area contributed by atoms with Gasteiger partial charge in [-0.1, -0.05) is 133 Å². The van der Waals surface area contributed by atoms with E-state index in [0.717, 1.165) is 50.4 Å². The van der Waals surface area contributed by atoms with Crippen LogP contribution >= 0.6 is 0 Å². The van der Waals surface area contributed by atoms with Crippen LogP contribution in [0.15, 0.2) is 205 Å². The number of fused-ring (bicyclic) bond motifs is 7. The predicted molar refractivity (Wildman–Crippen MR) is 229 cm³/mol. The van der Waals surface area contributed by atoms with E-state index in [9.17, 15) is 0 Å². The van der Waals surface area contributed by atoms with Crippen LogP contribution in [0.3, 0.4) is 0 Å². The zero-order valence-corrected chi connectivity index (χ0v) is 29.8. The zero-order chi connectivity index (χ0) is 36.3. The molecule has 0 unspecified atom stereocenters. The molecule has 258 valence electrons. The summed E-state index contributed by atoms with van der Waals surface area (Å²) in [5.41, 5.74) is 11.4. The molecule has 4 heteroatoms. The quantitative estimate of drug-likeness (QED) is 0.173. The molecule has 4 nitrogen and oxygen atoms in total. The third-order valence-electron chi connectivity index (χ3n) is 10.8. The molecule has 0 radical (unpaired) electrons. The van der Waals surface area contributed by atoms with Crippen LogP contribution in [-0.2, 0) is 0 Å². The Hall–Kier alpha value is -7.43. The summed E-state index contributed by atoms with van der Waals surface area (Å²) in [7, 11) is 0. The summed E-state index contributed by atoms with van der Waals surface area (Å²) >= 11 is 0. The molecule has 0 bridgehead atoms. The summed E-state index contributed by atoms with van der Waals surface area (Å²) in [4.78, 5) is 7.25. The number of aromatic nitrogens is 2. The third kappa shape index (κ3) is 5.03. The van der Waals surface area contributed by atoms with E-state index in [1.54, 1.807) is 0 Å². The molecule has 0 N–H and O–H groups in total. The Bertz CT molecular complexity index is 3190. The lowest BCUT2D eigenvalue weighted by molar-refractivity contribution is 0.620. The second kappa shape index (κ2) is 12.6. The van der Waals surface area contributed by atoms with E-state index >= 15 is 0 Å². The fourth-order valence-corrected chi connectivity index (χ4v) is 8.32. The predicted octanol–water partition coefficient (Wildman–Crippen LogP) is 14.0. The maximum absolute atomic E-state index is 6.63. The average molecular weight is 704 g/mol. The Labute approximate surface area is 317 Å². The van der Waals surface area contributed by atoms with Gasteiger partial charge in [0.1, 0.15) is 5.52 Å². The second-order valence-corrected chi connectivity index (χ2v) is 13.9. The number of hydrogen-bond acceptors (Lipinski definition) is 3. The number of benzene rings is 9. The molecule has 0 aliphatic rings. The normalized spacial score (nSPS) is 11.6. The summed E-state index contributed by atoms with van der Waals surface area (Å²) in [5.74, 6) is 0.603. The lowest BCUT2D eigenvalue weighted by Gasteiger charge is -2.27. The fraction of sp³-hybridized carbons (Fsp3) is 0. The fourth-order valence-electron chi connectivity index (χ4n) is 8.32. The van der Waals surface area contributed by atoms with E-state index < -0.39 is 0 Å². The minimum Gasteiger partial charge on any atom is -0.434 e. The molecule has 0 aliphatic heterocycles. The molecule has 2 aromatic heterocycles. The first-order valence-electron chi connectivity index (χ1n) is 18.6. The molecule has 9 aromatic carbocycles. The zero-order valence-electron chi connectivity index (χ0n) is 29.8. The highest BCUT2D eigenvalue weighted by Gasteiger charge is 2.23. The van der Waals surface area contributed by atoms with Gasteiger partial charge in [-0.05, 0) is 88.6 Å². The van der Waals surface area contributed by atoms with Gasteiger partial charge in [-0.25, -0.2) is 4.98 Å². The first kappa shape index (κ1) is 31.1. The number of oxazole rings is 1. The van der Waals surface area contributed by atoms with E-state index in [1.807, 2.05) is 36.4 Å². The lowest BCUT2D eigenvalue weighted by atomic mass is 9.95. The van der Waals surface area contributed by atoms with Gasteiger partial charge in [-0.2, -0.15) is 0 Å². The Balaban J connectivity index is 1.14.